The highest BCUT2D eigenvalue weighted by molar-refractivity contribution is 6.07. The number of aromatic nitrogens is 1. The summed E-state index contributed by atoms with van der Waals surface area (Å²) in [4.78, 5) is 11.0. The van der Waals surface area contributed by atoms with Crippen LogP contribution in [0.15, 0.2) is 48.5 Å². The van der Waals surface area contributed by atoms with E-state index in [-0.39, 0.29) is 0 Å². The Kier molecular flexibility index (Phi) is 4.83. The second-order valence-corrected chi connectivity index (χ2v) is 6.10. The lowest BCUT2D eigenvalue weighted by Crippen LogP contribution is -2.94. The third-order valence-corrected chi connectivity index (χ3v) is 4.51. The average Bonchev–Trinajstić information content (AvgIpc) is 2.90. The number of nitrogens with zero attached hydrogens (tertiary/aromatic N) is 1. The molecule has 0 bridgehead atoms. The van der Waals surface area contributed by atoms with Crippen LogP contribution in [-0.2, 0) is 11.3 Å². The van der Waals surface area contributed by atoms with Crippen molar-refractivity contribution in [2.24, 2.45) is 0 Å². The first-order chi connectivity index (χ1) is 11.6. The van der Waals surface area contributed by atoms with Gasteiger partial charge in [-0.05, 0) is 12.1 Å². The highest BCUT2D eigenvalue weighted by Gasteiger charge is 2.17. The summed E-state index contributed by atoms with van der Waals surface area (Å²) in [5.74, 6) is -1.08. The van der Waals surface area contributed by atoms with E-state index < -0.39 is 18.1 Å². The molecule has 0 aliphatic carbocycles. The quantitative estimate of drug-likeness (QED) is 0.653. The van der Waals surface area contributed by atoms with Gasteiger partial charge in [0.2, 0.25) is 0 Å². The summed E-state index contributed by atoms with van der Waals surface area (Å²) >= 11 is 0. The molecule has 5 nitrogen and oxygen atoms in total. The summed E-state index contributed by atoms with van der Waals surface area (Å²) in [6.45, 7) is 2.55. The number of aliphatic carboxylic acids is 1. The number of benzene rings is 2. The molecule has 3 N–H and O–H groups in total. The minimum atomic E-state index is -1.08. The van der Waals surface area contributed by atoms with E-state index in [0.717, 1.165) is 21.8 Å². The first-order valence-electron chi connectivity index (χ1n) is 8.30. The Balaban J connectivity index is 1.85. The standard InChI is InChI=1S/C19H22N2O3/c1-2-16(19(23)24)20-11-13(22)12-21-17-9-5-3-7-14(17)15-8-4-6-10-18(15)21/h3-10,13,16,20,22H,2,11-12H2,1H3,(H,23,24)/t13-,16-/m0/s1. The van der Waals surface area contributed by atoms with Gasteiger partial charge in [0.05, 0.1) is 12.5 Å². The van der Waals surface area contributed by atoms with Crippen molar-refractivity contribution < 1.29 is 20.3 Å². The molecule has 0 fully saturated rings. The average molecular weight is 326 g/mol. The lowest BCUT2D eigenvalue weighted by atomic mass is 10.2. The molecule has 0 radical (unpaired) electrons. The summed E-state index contributed by atoms with van der Waals surface area (Å²) in [6.07, 6.45) is -0.164. The zero-order valence-corrected chi connectivity index (χ0v) is 13.7. The normalized spacial score (nSPS) is 14.1. The van der Waals surface area contributed by atoms with Crippen LogP contribution in [0, 0.1) is 0 Å². The van der Waals surface area contributed by atoms with Gasteiger partial charge >= 0.3 is 0 Å². The summed E-state index contributed by atoms with van der Waals surface area (Å²) < 4.78 is 2.10. The fourth-order valence-electron chi connectivity index (χ4n) is 3.24. The van der Waals surface area contributed by atoms with Crippen molar-refractivity contribution in [2.45, 2.75) is 32.0 Å². The van der Waals surface area contributed by atoms with E-state index >= 15 is 0 Å². The SMILES string of the molecule is CC[C@H]([NH2+]C[C@H](O)Cn1c2ccccc2c2ccccc21)C(=O)[O-]. The topological polar surface area (TPSA) is 81.9 Å². The maximum absolute atomic E-state index is 11.0. The Morgan fingerprint density at radius 3 is 2.17 bits per heavy atom. The number of hydrogen-bond acceptors (Lipinski definition) is 3. The van der Waals surface area contributed by atoms with Crippen LogP contribution in [0.5, 0.6) is 0 Å². The highest BCUT2D eigenvalue weighted by Crippen LogP contribution is 2.28. The Hall–Kier alpha value is -2.37. The maximum atomic E-state index is 11.0. The number of carboxylic acids is 1. The molecule has 1 aromatic heterocycles. The Labute approximate surface area is 140 Å². The van der Waals surface area contributed by atoms with Gasteiger partial charge in [0, 0.05) is 28.2 Å². The fraction of sp³-hybridized carbons (Fsp3) is 0.316. The number of rotatable bonds is 7. The zero-order valence-electron chi connectivity index (χ0n) is 13.7. The van der Waals surface area contributed by atoms with Gasteiger partial charge in [0.1, 0.15) is 18.7 Å². The van der Waals surface area contributed by atoms with Crippen molar-refractivity contribution in [1.29, 1.82) is 0 Å². The van der Waals surface area contributed by atoms with Crippen LogP contribution in [0.3, 0.4) is 0 Å². The molecule has 0 spiro atoms. The van der Waals surface area contributed by atoms with E-state index in [1.165, 1.54) is 0 Å². The molecule has 2 aromatic carbocycles. The second kappa shape index (κ2) is 7.03. The van der Waals surface area contributed by atoms with E-state index in [9.17, 15) is 15.0 Å². The van der Waals surface area contributed by atoms with Gasteiger partial charge in [0.25, 0.3) is 0 Å². The Bertz CT molecular complexity index is 803. The molecule has 0 unspecified atom stereocenters. The van der Waals surface area contributed by atoms with Crippen molar-refractivity contribution >= 4 is 27.8 Å². The van der Waals surface area contributed by atoms with Gasteiger partial charge in [-0.1, -0.05) is 43.3 Å². The maximum Gasteiger partial charge on any atom is 0.126 e. The number of aliphatic hydroxyl groups excluding tert-OH is 1. The highest BCUT2D eigenvalue weighted by atomic mass is 16.4. The van der Waals surface area contributed by atoms with Gasteiger partial charge in [-0.25, -0.2) is 0 Å². The summed E-state index contributed by atoms with van der Waals surface area (Å²) in [6, 6.07) is 15.6. The molecule has 24 heavy (non-hydrogen) atoms. The minimum Gasteiger partial charge on any atom is -0.544 e. The number of hydrogen-bond donors (Lipinski definition) is 2. The van der Waals surface area contributed by atoms with Gasteiger partial charge in [-0.3, -0.25) is 0 Å². The largest absolute Gasteiger partial charge is 0.544 e. The lowest BCUT2D eigenvalue weighted by molar-refractivity contribution is -0.689. The van der Waals surface area contributed by atoms with E-state index in [2.05, 4.69) is 16.7 Å². The first-order valence-corrected chi connectivity index (χ1v) is 8.30. The zero-order chi connectivity index (χ0) is 17.1. The van der Waals surface area contributed by atoms with E-state index in [4.69, 9.17) is 0 Å². The van der Waals surface area contributed by atoms with Crippen LogP contribution < -0.4 is 10.4 Å². The number of carbonyl (C=O) groups is 1. The minimum absolute atomic E-state index is 0.327. The molecule has 0 aliphatic rings. The lowest BCUT2D eigenvalue weighted by Gasteiger charge is -2.18. The third-order valence-electron chi connectivity index (χ3n) is 4.51. The molecule has 3 rings (SSSR count). The number of nitrogens with two attached hydrogens (primary N) is 1. The van der Waals surface area contributed by atoms with E-state index in [1.54, 1.807) is 12.2 Å². The molecule has 1 heterocycles. The van der Waals surface area contributed by atoms with Crippen LogP contribution in [-0.4, -0.2) is 34.3 Å². The molecule has 0 amide bonds. The summed E-state index contributed by atoms with van der Waals surface area (Å²) in [5.41, 5.74) is 2.15. The van der Waals surface area contributed by atoms with Crippen LogP contribution in [0.4, 0.5) is 0 Å². The van der Waals surface area contributed by atoms with E-state index in [0.29, 0.717) is 19.5 Å². The third kappa shape index (κ3) is 3.13. The van der Waals surface area contributed by atoms with Crippen LogP contribution in [0.2, 0.25) is 0 Å². The second-order valence-electron chi connectivity index (χ2n) is 6.10. The number of carbonyl (C=O) groups excluding carboxylic acids is 1. The monoisotopic (exact) mass is 326 g/mol. The molecular weight excluding hydrogens is 304 g/mol. The molecule has 126 valence electrons. The van der Waals surface area contributed by atoms with Gasteiger partial charge in [-0.15, -0.1) is 0 Å². The number of quaternary nitrogens is 1. The molecule has 2 atom stereocenters. The van der Waals surface area contributed by atoms with Crippen molar-refractivity contribution in [2.75, 3.05) is 6.54 Å². The fourth-order valence-corrected chi connectivity index (χ4v) is 3.24. The van der Waals surface area contributed by atoms with Crippen LogP contribution in [0.1, 0.15) is 13.3 Å². The number of para-hydroxylation sites is 2. The first kappa shape index (κ1) is 16.5. The Morgan fingerprint density at radius 1 is 1.12 bits per heavy atom. The molecule has 5 heteroatoms. The number of aliphatic hydroxyl groups is 1. The van der Waals surface area contributed by atoms with Crippen molar-refractivity contribution in [1.82, 2.24) is 4.57 Å². The predicted octanol–water partition coefficient (Wildman–Crippen LogP) is 0.247. The molecular formula is C19H22N2O3. The Morgan fingerprint density at radius 2 is 1.67 bits per heavy atom. The van der Waals surface area contributed by atoms with Crippen molar-refractivity contribution in [3.63, 3.8) is 0 Å². The molecule has 0 saturated carbocycles. The van der Waals surface area contributed by atoms with Gasteiger partial charge in [-0.2, -0.15) is 0 Å². The number of carboxylic acid groups (broad SMARTS) is 1. The molecule has 0 aliphatic heterocycles. The number of fused-ring (bicyclic) bond motifs is 3. The van der Waals surface area contributed by atoms with Crippen LogP contribution >= 0.6 is 0 Å². The summed E-state index contributed by atoms with van der Waals surface area (Å²) in [7, 11) is 0. The van der Waals surface area contributed by atoms with Crippen LogP contribution in [0.25, 0.3) is 21.8 Å². The van der Waals surface area contributed by atoms with Crippen molar-refractivity contribution in [3.05, 3.63) is 48.5 Å². The summed E-state index contributed by atoms with van der Waals surface area (Å²) in [5, 5.41) is 25.3. The molecule has 3 aromatic rings. The van der Waals surface area contributed by atoms with Crippen molar-refractivity contribution in [3.8, 4) is 0 Å². The predicted molar refractivity (Wildman–Crippen MR) is 91.3 cm³/mol. The van der Waals surface area contributed by atoms with Gasteiger partial charge < -0.3 is 24.9 Å². The van der Waals surface area contributed by atoms with Gasteiger partial charge in [0.15, 0.2) is 0 Å². The van der Waals surface area contributed by atoms with E-state index in [1.807, 2.05) is 36.4 Å². The molecule has 0 saturated heterocycles. The smallest absolute Gasteiger partial charge is 0.126 e.